The number of thioether (sulfide) groups is 1. The molecule has 2 nitrogen and oxygen atoms in total. The third-order valence-electron chi connectivity index (χ3n) is 4.19. The Bertz CT molecular complexity index is 424. The molecule has 1 saturated carbocycles. The van der Waals surface area contributed by atoms with Crippen LogP contribution in [0.2, 0.25) is 0 Å². The number of allylic oxidation sites excluding steroid dienone is 3. The lowest BCUT2D eigenvalue weighted by atomic mass is 9.83. The monoisotopic (exact) mass is 370 g/mol. The van der Waals surface area contributed by atoms with E-state index in [1.54, 1.807) is 11.8 Å². The van der Waals surface area contributed by atoms with Crippen molar-refractivity contribution in [2.75, 3.05) is 19.5 Å². The molecule has 1 aliphatic heterocycles. The summed E-state index contributed by atoms with van der Waals surface area (Å²) in [5, 5.41) is 0.288. The van der Waals surface area contributed by atoms with E-state index in [9.17, 15) is 13.2 Å². The Kier molecular flexibility index (Phi) is 7.32. The maximum atomic E-state index is 13.3. The average Bonchev–Trinajstić information content (AvgIpc) is 2.52. The van der Waals surface area contributed by atoms with Crippen LogP contribution >= 0.6 is 23.4 Å². The lowest BCUT2D eigenvalue weighted by molar-refractivity contribution is -0.146. The van der Waals surface area contributed by atoms with Crippen molar-refractivity contribution in [2.24, 2.45) is 5.92 Å². The van der Waals surface area contributed by atoms with Gasteiger partial charge in [-0.25, -0.2) is 0 Å². The molecule has 1 heterocycles. The van der Waals surface area contributed by atoms with Gasteiger partial charge in [0, 0.05) is 11.0 Å². The highest BCUT2D eigenvalue weighted by Gasteiger charge is 2.39. The Morgan fingerprint density at radius 3 is 2.26 bits per heavy atom. The molecule has 0 unspecified atom stereocenters. The molecule has 0 N–H and O–H groups in total. The lowest BCUT2D eigenvalue weighted by Crippen LogP contribution is -2.32. The van der Waals surface area contributed by atoms with Gasteiger partial charge in [-0.3, -0.25) is 0 Å². The molecule has 7 heteroatoms. The summed E-state index contributed by atoms with van der Waals surface area (Å²) >= 11 is 7.63. The summed E-state index contributed by atoms with van der Waals surface area (Å²) in [4.78, 5) is 0. The summed E-state index contributed by atoms with van der Waals surface area (Å²) in [6, 6.07) is 0. The first-order valence-electron chi connectivity index (χ1n) is 7.75. The first-order valence-corrected chi connectivity index (χ1v) is 9.48. The smallest absolute Gasteiger partial charge is 0.348 e. The number of alkyl halides is 4. The molecular weight excluding hydrogens is 349 g/mol. The fourth-order valence-electron chi connectivity index (χ4n) is 2.82. The predicted octanol–water partition coefficient (Wildman–Crippen LogP) is 4.93. The molecule has 23 heavy (non-hydrogen) atoms. The van der Waals surface area contributed by atoms with Crippen molar-refractivity contribution in [2.45, 2.75) is 48.8 Å². The van der Waals surface area contributed by atoms with E-state index in [4.69, 9.17) is 21.1 Å². The summed E-state index contributed by atoms with van der Waals surface area (Å²) in [5.41, 5.74) is -0.477. The second-order valence-corrected chi connectivity index (χ2v) is 7.60. The number of hydrogen-bond acceptors (Lipinski definition) is 3. The molecule has 0 spiro atoms. The van der Waals surface area contributed by atoms with Crippen LogP contribution in [0.1, 0.15) is 25.7 Å². The molecule has 0 aromatic carbocycles. The van der Waals surface area contributed by atoms with Crippen molar-refractivity contribution in [3.63, 3.8) is 0 Å². The molecule has 0 amide bonds. The van der Waals surface area contributed by atoms with E-state index in [0.29, 0.717) is 38.9 Å². The van der Waals surface area contributed by atoms with E-state index in [1.165, 1.54) is 12.2 Å². The Morgan fingerprint density at radius 1 is 1.13 bits per heavy atom. The van der Waals surface area contributed by atoms with Gasteiger partial charge in [0.1, 0.15) is 0 Å². The third kappa shape index (κ3) is 6.00. The molecule has 2 aliphatic rings. The molecule has 132 valence electrons. The molecule has 2 fully saturated rings. The van der Waals surface area contributed by atoms with Crippen molar-refractivity contribution in [3.8, 4) is 0 Å². The van der Waals surface area contributed by atoms with Gasteiger partial charge >= 0.3 is 6.18 Å². The highest BCUT2D eigenvalue weighted by Crippen LogP contribution is 2.40. The minimum Gasteiger partial charge on any atom is -0.348 e. The summed E-state index contributed by atoms with van der Waals surface area (Å²) in [5.74, 6) is -0.469. The van der Waals surface area contributed by atoms with Gasteiger partial charge in [-0.2, -0.15) is 24.9 Å². The van der Waals surface area contributed by atoms with E-state index >= 15 is 0 Å². The molecule has 1 saturated heterocycles. The Hall–Kier alpha value is -0.170. The maximum absolute atomic E-state index is 13.3. The Balaban J connectivity index is 1.96. The second-order valence-electron chi connectivity index (χ2n) is 5.85. The van der Waals surface area contributed by atoms with E-state index in [1.807, 2.05) is 6.26 Å². The van der Waals surface area contributed by atoms with Crippen LogP contribution in [0.4, 0.5) is 13.2 Å². The highest BCUT2D eigenvalue weighted by molar-refractivity contribution is 7.99. The molecule has 0 aromatic rings. The lowest BCUT2D eigenvalue weighted by Gasteiger charge is -2.28. The first kappa shape index (κ1) is 19.2. The fourth-order valence-corrected chi connectivity index (χ4v) is 3.50. The number of rotatable bonds is 4. The van der Waals surface area contributed by atoms with E-state index < -0.39 is 24.0 Å². The normalized spacial score (nSPS) is 34.0. The van der Waals surface area contributed by atoms with Crippen LogP contribution in [-0.4, -0.2) is 42.6 Å². The fraction of sp³-hybridized carbons (Fsp3) is 0.750. The van der Waals surface area contributed by atoms with Crippen LogP contribution < -0.4 is 0 Å². The van der Waals surface area contributed by atoms with Crippen LogP contribution in [0.15, 0.2) is 23.8 Å². The summed E-state index contributed by atoms with van der Waals surface area (Å²) < 4.78 is 50.7. The van der Waals surface area contributed by atoms with Crippen molar-refractivity contribution in [3.05, 3.63) is 23.8 Å². The largest absolute Gasteiger partial charge is 0.412 e. The molecule has 0 atom stereocenters. The molecular formula is C16H22ClF3O2S. The number of ether oxygens (including phenoxy) is 2. The van der Waals surface area contributed by atoms with E-state index in [0.717, 1.165) is 6.08 Å². The van der Waals surface area contributed by atoms with Crippen molar-refractivity contribution in [1.82, 2.24) is 0 Å². The standard InChI is InChI=1S/C16H22ClF3O2S/c1-23-13-9-21-15(22-10-13)4-2-3-14(16(18,19)20)11-5-7-12(17)8-6-11/h2-4,11-13,15H,5-10H2,1H3/b4-2+,14-3-. The van der Waals surface area contributed by atoms with Crippen LogP contribution in [0.25, 0.3) is 0 Å². The van der Waals surface area contributed by atoms with Crippen LogP contribution in [0.3, 0.4) is 0 Å². The second kappa shape index (κ2) is 8.79. The van der Waals surface area contributed by atoms with Gasteiger partial charge in [0.15, 0.2) is 6.29 Å². The number of hydrogen-bond donors (Lipinski definition) is 0. The van der Waals surface area contributed by atoms with Gasteiger partial charge in [-0.15, -0.1) is 11.6 Å². The zero-order valence-corrected chi connectivity index (χ0v) is 14.6. The maximum Gasteiger partial charge on any atom is 0.412 e. The average molecular weight is 371 g/mol. The summed E-state index contributed by atoms with van der Waals surface area (Å²) in [7, 11) is 0. The minimum atomic E-state index is -4.31. The molecule has 2 rings (SSSR count). The molecule has 1 aliphatic carbocycles. The Labute approximate surface area is 144 Å². The Morgan fingerprint density at radius 2 is 1.74 bits per heavy atom. The molecule has 0 bridgehead atoms. The van der Waals surface area contributed by atoms with Crippen molar-refractivity contribution in [1.29, 1.82) is 0 Å². The predicted molar refractivity (Wildman–Crippen MR) is 87.9 cm³/mol. The van der Waals surface area contributed by atoms with Crippen molar-refractivity contribution >= 4 is 23.4 Å². The quantitative estimate of drug-likeness (QED) is 0.516. The molecule has 0 radical (unpaired) electrons. The minimum absolute atomic E-state index is 0.00435. The van der Waals surface area contributed by atoms with Gasteiger partial charge in [-0.1, -0.05) is 12.2 Å². The van der Waals surface area contributed by atoms with Gasteiger partial charge in [0.05, 0.1) is 18.5 Å². The van der Waals surface area contributed by atoms with Crippen molar-refractivity contribution < 1.29 is 22.6 Å². The van der Waals surface area contributed by atoms with E-state index in [2.05, 4.69) is 0 Å². The zero-order chi connectivity index (χ0) is 16.9. The highest BCUT2D eigenvalue weighted by atomic mass is 35.5. The topological polar surface area (TPSA) is 18.5 Å². The SMILES string of the molecule is CSC1COC(/C=C/C=C(/C2CCC(Cl)CC2)C(F)(F)F)OC1. The summed E-state index contributed by atoms with van der Waals surface area (Å²) in [6.07, 6.45) is 3.43. The van der Waals surface area contributed by atoms with E-state index in [-0.39, 0.29) is 10.6 Å². The molecule has 0 aromatic heterocycles. The van der Waals surface area contributed by atoms with Gasteiger partial charge < -0.3 is 9.47 Å². The van der Waals surface area contributed by atoms with Gasteiger partial charge in [0.2, 0.25) is 0 Å². The van der Waals surface area contributed by atoms with Crippen LogP contribution in [-0.2, 0) is 9.47 Å². The number of halogens is 4. The summed E-state index contributed by atoms with van der Waals surface area (Å²) in [6.45, 7) is 1.09. The third-order valence-corrected chi connectivity index (χ3v) is 5.57. The van der Waals surface area contributed by atoms with Crippen LogP contribution in [0, 0.1) is 5.92 Å². The van der Waals surface area contributed by atoms with Crippen LogP contribution in [0.5, 0.6) is 0 Å². The first-order chi connectivity index (χ1) is 10.9. The zero-order valence-electron chi connectivity index (χ0n) is 13.0. The van der Waals surface area contributed by atoms with Gasteiger partial charge in [0.25, 0.3) is 0 Å². The van der Waals surface area contributed by atoms with Gasteiger partial charge in [-0.05, 0) is 43.9 Å².